The molecule has 1 unspecified atom stereocenters. The normalized spacial score (nSPS) is 19.3. The maximum absolute atomic E-state index is 13.0. The van der Waals surface area contributed by atoms with Crippen LogP contribution >= 0.6 is 0 Å². The van der Waals surface area contributed by atoms with Gasteiger partial charge in [-0.25, -0.2) is 0 Å². The topological polar surface area (TPSA) is 52.7 Å². The monoisotopic (exact) mass is 376 g/mol. The van der Waals surface area contributed by atoms with Crippen LogP contribution in [0.5, 0.6) is 0 Å². The third-order valence-corrected chi connectivity index (χ3v) is 5.61. The predicted molar refractivity (Wildman–Crippen MR) is 111 cm³/mol. The summed E-state index contributed by atoms with van der Waals surface area (Å²) < 4.78 is 0. The summed E-state index contributed by atoms with van der Waals surface area (Å²) in [7, 11) is 0. The molecule has 28 heavy (non-hydrogen) atoms. The highest BCUT2D eigenvalue weighted by Gasteiger charge is 2.29. The smallest absolute Gasteiger partial charge is 0.241 e. The van der Waals surface area contributed by atoms with Gasteiger partial charge >= 0.3 is 0 Å². The first kappa shape index (κ1) is 18.7. The van der Waals surface area contributed by atoms with E-state index in [-0.39, 0.29) is 17.9 Å². The molecule has 0 aromatic heterocycles. The fourth-order valence-electron chi connectivity index (χ4n) is 4.13. The van der Waals surface area contributed by atoms with Gasteiger partial charge in [0, 0.05) is 31.4 Å². The number of nitrogens with one attached hydrogen (secondary N) is 1. The standard InChI is InChI=1S/C23H26N3O2/c1-17(27)26-14-12-19-10-11-20(15-22(19)26)24-23(28)21-9-5-6-13-25(21)16-18-7-3-2-4-8-18/h2-5,7-8,10-11,15,21H,6,9,12-14,16H2,1H3,(H,24,28). The molecule has 0 saturated carbocycles. The van der Waals surface area contributed by atoms with Crippen molar-refractivity contribution in [2.45, 2.75) is 38.8 Å². The number of benzene rings is 2. The number of carbonyl (C=O) groups is 2. The summed E-state index contributed by atoms with van der Waals surface area (Å²) in [6, 6.07) is 16.0. The predicted octanol–water partition coefficient (Wildman–Crippen LogP) is 3.40. The van der Waals surface area contributed by atoms with Crippen LogP contribution in [0.4, 0.5) is 11.4 Å². The van der Waals surface area contributed by atoms with Crippen LogP contribution in [0.3, 0.4) is 0 Å². The number of piperidine rings is 1. The van der Waals surface area contributed by atoms with Gasteiger partial charge in [-0.3, -0.25) is 14.5 Å². The Kier molecular flexibility index (Phi) is 5.44. The molecule has 2 aliphatic heterocycles. The SMILES string of the molecule is CC(=O)N1CCc2ccc(NC(=O)C3C[CH]CCN3Cc3ccccc3)cc21. The Morgan fingerprint density at radius 2 is 1.93 bits per heavy atom. The van der Waals surface area contributed by atoms with Gasteiger partial charge in [-0.1, -0.05) is 36.4 Å². The first-order valence-corrected chi connectivity index (χ1v) is 9.93. The first-order valence-electron chi connectivity index (χ1n) is 9.93. The molecule has 1 N–H and O–H groups in total. The zero-order valence-electron chi connectivity index (χ0n) is 16.2. The molecule has 0 bridgehead atoms. The molecule has 5 heteroatoms. The summed E-state index contributed by atoms with van der Waals surface area (Å²) in [4.78, 5) is 28.9. The zero-order chi connectivity index (χ0) is 19.5. The summed E-state index contributed by atoms with van der Waals surface area (Å²) in [5, 5.41) is 3.08. The van der Waals surface area contributed by atoms with Crippen molar-refractivity contribution in [3.8, 4) is 0 Å². The van der Waals surface area contributed by atoms with Crippen LogP contribution in [0.25, 0.3) is 0 Å². The van der Waals surface area contributed by atoms with E-state index in [0.717, 1.165) is 49.3 Å². The zero-order valence-corrected chi connectivity index (χ0v) is 16.2. The molecule has 1 atom stereocenters. The van der Waals surface area contributed by atoms with E-state index in [1.807, 2.05) is 36.4 Å². The van der Waals surface area contributed by atoms with E-state index in [1.165, 1.54) is 5.56 Å². The van der Waals surface area contributed by atoms with Gasteiger partial charge in [0.2, 0.25) is 11.8 Å². The van der Waals surface area contributed by atoms with Crippen LogP contribution in [0, 0.1) is 6.42 Å². The molecule has 2 aromatic carbocycles. The molecule has 4 rings (SSSR count). The van der Waals surface area contributed by atoms with Crippen molar-refractivity contribution in [2.24, 2.45) is 0 Å². The molecule has 2 heterocycles. The van der Waals surface area contributed by atoms with E-state index >= 15 is 0 Å². The molecule has 2 aliphatic rings. The van der Waals surface area contributed by atoms with E-state index in [4.69, 9.17) is 0 Å². The first-order chi connectivity index (χ1) is 13.6. The molecule has 1 fully saturated rings. The largest absolute Gasteiger partial charge is 0.325 e. The lowest BCUT2D eigenvalue weighted by molar-refractivity contribution is -0.122. The van der Waals surface area contributed by atoms with Gasteiger partial charge in [0.15, 0.2) is 0 Å². The van der Waals surface area contributed by atoms with Gasteiger partial charge in [0.05, 0.1) is 6.04 Å². The van der Waals surface area contributed by atoms with Crippen molar-refractivity contribution in [3.63, 3.8) is 0 Å². The van der Waals surface area contributed by atoms with Crippen molar-refractivity contribution >= 4 is 23.2 Å². The molecule has 1 saturated heterocycles. The van der Waals surface area contributed by atoms with Crippen LogP contribution in [0.1, 0.15) is 30.9 Å². The van der Waals surface area contributed by atoms with Crippen molar-refractivity contribution < 1.29 is 9.59 Å². The summed E-state index contributed by atoms with van der Waals surface area (Å²) in [6.07, 6.45) is 4.82. The highest BCUT2D eigenvalue weighted by molar-refractivity contribution is 5.98. The van der Waals surface area contributed by atoms with Crippen molar-refractivity contribution in [2.75, 3.05) is 23.3 Å². The number of carbonyl (C=O) groups excluding carboxylic acids is 2. The molecule has 5 nitrogen and oxygen atoms in total. The van der Waals surface area contributed by atoms with Crippen LogP contribution in [-0.2, 0) is 22.6 Å². The van der Waals surface area contributed by atoms with Crippen LogP contribution in [-0.4, -0.2) is 35.8 Å². The fourth-order valence-corrected chi connectivity index (χ4v) is 4.13. The minimum Gasteiger partial charge on any atom is -0.325 e. The van der Waals surface area contributed by atoms with Gasteiger partial charge in [-0.05, 0) is 55.5 Å². The Balaban J connectivity index is 1.48. The number of likely N-dealkylation sites (tertiary alicyclic amines) is 1. The average Bonchev–Trinajstić information content (AvgIpc) is 3.13. The van der Waals surface area contributed by atoms with Gasteiger partial charge in [0.1, 0.15) is 0 Å². The number of amides is 2. The van der Waals surface area contributed by atoms with E-state index in [9.17, 15) is 9.59 Å². The fraction of sp³-hybridized carbons (Fsp3) is 0.348. The minimum atomic E-state index is -0.175. The lowest BCUT2D eigenvalue weighted by Gasteiger charge is -2.34. The van der Waals surface area contributed by atoms with Gasteiger partial charge < -0.3 is 10.2 Å². The number of hydrogen-bond donors (Lipinski definition) is 1. The van der Waals surface area contributed by atoms with Crippen molar-refractivity contribution in [1.29, 1.82) is 0 Å². The van der Waals surface area contributed by atoms with Crippen LogP contribution in [0.2, 0.25) is 0 Å². The summed E-state index contributed by atoms with van der Waals surface area (Å²) in [6.45, 7) is 3.95. The molecule has 145 valence electrons. The van der Waals surface area contributed by atoms with Crippen LogP contribution in [0.15, 0.2) is 48.5 Å². The average molecular weight is 376 g/mol. The number of fused-ring (bicyclic) bond motifs is 1. The highest BCUT2D eigenvalue weighted by atomic mass is 16.2. The van der Waals surface area contributed by atoms with Gasteiger partial charge in [-0.2, -0.15) is 0 Å². The van der Waals surface area contributed by atoms with E-state index in [2.05, 4.69) is 28.8 Å². The molecule has 0 spiro atoms. The molecular formula is C23H26N3O2. The number of anilines is 2. The summed E-state index contributed by atoms with van der Waals surface area (Å²) in [5.41, 5.74) is 4.05. The molecular weight excluding hydrogens is 350 g/mol. The number of nitrogens with zero attached hydrogens (tertiary/aromatic N) is 2. The van der Waals surface area contributed by atoms with Crippen molar-refractivity contribution in [3.05, 3.63) is 66.1 Å². The second-order valence-electron chi connectivity index (χ2n) is 7.54. The number of hydrogen-bond acceptors (Lipinski definition) is 3. The second-order valence-corrected chi connectivity index (χ2v) is 7.54. The Hall–Kier alpha value is -2.66. The Morgan fingerprint density at radius 1 is 1.11 bits per heavy atom. The molecule has 0 aliphatic carbocycles. The summed E-state index contributed by atoms with van der Waals surface area (Å²) >= 11 is 0. The molecule has 2 aromatic rings. The third-order valence-electron chi connectivity index (χ3n) is 5.61. The van der Waals surface area contributed by atoms with Crippen molar-refractivity contribution in [1.82, 2.24) is 4.90 Å². The van der Waals surface area contributed by atoms with Crippen LogP contribution < -0.4 is 10.2 Å². The Bertz CT molecular complexity index is 865. The lowest BCUT2D eigenvalue weighted by atomic mass is 10.00. The van der Waals surface area contributed by atoms with Gasteiger partial charge in [0.25, 0.3) is 0 Å². The lowest BCUT2D eigenvalue weighted by Crippen LogP contribution is -2.46. The molecule has 2 amide bonds. The second kappa shape index (κ2) is 8.15. The Labute approximate surface area is 166 Å². The molecule has 1 radical (unpaired) electrons. The minimum absolute atomic E-state index is 0.0132. The van der Waals surface area contributed by atoms with E-state index in [1.54, 1.807) is 11.8 Å². The van der Waals surface area contributed by atoms with E-state index < -0.39 is 0 Å². The third kappa shape index (κ3) is 3.94. The van der Waals surface area contributed by atoms with E-state index in [0.29, 0.717) is 6.54 Å². The maximum atomic E-state index is 13.0. The maximum Gasteiger partial charge on any atom is 0.241 e. The Morgan fingerprint density at radius 3 is 2.71 bits per heavy atom. The highest BCUT2D eigenvalue weighted by Crippen LogP contribution is 2.31. The van der Waals surface area contributed by atoms with Gasteiger partial charge in [-0.15, -0.1) is 0 Å². The quantitative estimate of drug-likeness (QED) is 0.890. The number of rotatable bonds is 4. The summed E-state index contributed by atoms with van der Waals surface area (Å²) in [5.74, 6) is 0.0531.